The predicted octanol–water partition coefficient (Wildman–Crippen LogP) is 2.53. The summed E-state index contributed by atoms with van der Waals surface area (Å²) in [6, 6.07) is 2.43. The zero-order valence-corrected chi connectivity index (χ0v) is 7.68. The first-order chi connectivity index (χ1) is 6.59. The number of rotatable bonds is 1. The summed E-state index contributed by atoms with van der Waals surface area (Å²) < 4.78 is 13.7. The number of hydrogen-bond donors (Lipinski definition) is 1. The van der Waals surface area contributed by atoms with Crippen LogP contribution in [0.2, 0.25) is 0 Å². The van der Waals surface area contributed by atoms with E-state index >= 15 is 0 Å². The van der Waals surface area contributed by atoms with Crippen LogP contribution in [-0.2, 0) is 0 Å². The summed E-state index contributed by atoms with van der Waals surface area (Å²) in [5.74, 6) is -0.472. The molecule has 0 saturated carbocycles. The average Bonchev–Trinajstić information content (AvgIpc) is 2.48. The van der Waals surface area contributed by atoms with Gasteiger partial charge >= 0.3 is 0 Å². The summed E-state index contributed by atoms with van der Waals surface area (Å²) in [5, 5.41) is 12.0. The fourth-order valence-electron chi connectivity index (χ4n) is 1.22. The molecule has 0 saturated heterocycles. The number of nitrogens with two attached hydrogens (primary N) is 1. The second kappa shape index (κ2) is 2.91. The van der Waals surface area contributed by atoms with Crippen LogP contribution in [-0.4, -0.2) is 4.92 Å². The van der Waals surface area contributed by atoms with E-state index in [2.05, 4.69) is 0 Å². The molecule has 0 aliphatic carbocycles. The molecule has 0 aliphatic heterocycles. The minimum atomic E-state index is -0.590. The molecule has 14 heavy (non-hydrogen) atoms. The van der Waals surface area contributed by atoms with E-state index in [0.717, 1.165) is 11.3 Å². The Morgan fingerprint density at radius 1 is 1.50 bits per heavy atom. The highest BCUT2D eigenvalue weighted by Crippen LogP contribution is 2.33. The number of anilines is 1. The zero-order valence-electron chi connectivity index (χ0n) is 6.86. The molecule has 1 heterocycles. The van der Waals surface area contributed by atoms with Crippen molar-refractivity contribution in [3.63, 3.8) is 0 Å². The minimum absolute atomic E-state index is 0.188. The van der Waals surface area contributed by atoms with Crippen LogP contribution in [0.5, 0.6) is 0 Å². The smallest absolute Gasteiger partial charge is 0.272 e. The van der Waals surface area contributed by atoms with Gasteiger partial charge in [0.1, 0.15) is 5.82 Å². The number of nitrogens with zero attached hydrogens (tertiary/aromatic N) is 1. The van der Waals surface area contributed by atoms with Gasteiger partial charge in [-0.2, -0.15) is 0 Å². The highest BCUT2D eigenvalue weighted by atomic mass is 32.1. The molecule has 2 N–H and O–H groups in total. The van der Waals surface area contributed by atoms with Crippen molar-refractivity contribution in [1.82, 2.24) is 0 Å². The normalized spacial score (nSPS) is 10.6. The molecule has 72 valence electrons. The molecule has 2 rings (SSSR count). The van der Waals surface area contributed by atoms with Crippen molar-refractivity contribution in [1.29, 1.82) is 0 Å². The first kappa shape index (κ1) is 8.89. The van der Waals surface area contributed by atoms with Gasteiger partial charge in [0, 0.05) is 22.9 Å². The molecular formula is C8H5FN2O2S. The Bertz CT molecular complexity index is 523. The van der Waals surface area contributed by atoms with Crippen LogP contribution in [0.15, 0.2) is 17.5 Å². The van der Waals surface area contributed by atoms with Crippen molar-refractivity contribution in [3.8, 4) is 0 Å². The number of benzene rings is 1. The summed E-state index contributed by atoms with van der Waals surface area (Å²) in [6.45, 7) is 0. The third kappa shape index (κ3) is 1.20. The molecule has 2 aromatic rings. The van der Waals surface area contributed by atoms with Crippen LogP contribution in [0.4, 0.5) is 15.8 Å². The van der Waals surface area contributed by atoms with Gasteiger partial charge in [-0.05, 0) is 0 Å². The number of halogens is 1. The van der Waals surface area contributed by atoms with Crippen LogP contribution in [0.1, 0.15) is 0 Å². The lowest BCUT2D eigenvalue weighted by molar-refractivity contribution is -0.384. The lowest BCUT2D eigenvalue weighted by Crippen LogP contribution is -1.91. The molecule has 4 nitrogen and oxygen atoms in total. The van der Waals surface area contributed by atoms with Crippen LogP contribution in [0.3, 0.4) is 0 Å². The molecule has 0 spiro atoms. The van der Waals surface area contributed by atoms with E-state index in [4.69, 9.17) is 5.73 Å². The third-order valence-electron chi connectivity index (χ3n) is 1.85. The molecule has 0 unspecified atom stereocenters. The first-order valence-electron chi connectivity index (χ1n) is 3.70. The lowest BCUT2D eigenvalue weighted by atomic mass is 10.2. The quantitative estimate of drug-likeness (QED) is 0.448. The van der Waals surface area contributed by atoms with Gasteiger partial charge in [0.25, 0.3) is 5.69 Å². The van der Waals surface area contributed by atoms with Crippen molar-refractivity contribution < 1.29 is 9.31 Å². The van der Waals surface area contributed by atoms with E-state index in [1.54, 1.807) is 0 Å². The van der Waals surface area contributed by atoms with Crippen molar-refractivity contribution in [2.24, 2.45) is 0 Å². The lowest BCUT2D eigenvalue weighted by Gasteiger charge is -1.96. The van der Waals surface area contributed by atoms with E-state index in [-0.39, 0.29) is 16.8 Å². The number of fused-ring (bicyclic) bond motifs is 1. The Hall–Kier alpha value is -1.69. The van der Waals surface area contributed by atoms with Crippen LogP contribution in [0.25, 0.3) is 10.1 Å². The standard InChI is InChI=1S/C8H5FN2O2S/c9-6-3-14-8-5(6)1-4(11(12)13)2-7(8)10/h1-3H,10H2. The number of nitro groups is 1. The monoisotopic (exact) mass is 212 g/mol. The Morgan fingerprint density at radius 2 is 2.21 bits per heavy atom. The Balaban J connectivity index is 2.82. The second-order valence-corrected chi connectivity index (χ2v) is 3.63. The topological polar surface area (TPSA) is 69.2 Å². The molecule has 0 amide bonds. The second-order valence-electron chi connectivity index (χ2n) is 2.75. The van der Waals surface area contributed by atoms with Crippen LogP contribution >= 0.6 is 11.3 Å². The van der Waals surface area contributed by atoms with Gasteiger partial charge in [0.15, 0.2) is 0 Å². The molecule has 6 heteroatoms. The number of hydrogen-bond acceptors (Lipinski definition) is 4. The van der Waals surface area contributed by atoms with E-state index in [1.165, 1.54) is 17.5 Å². The molecule has 1 aromatic heterocycles. The van der Waals surface area contributed by atoms with Gasteiger partial charge in [-0.1, -0.05) is 0 Å². The van der Waals surface area contributed by atoms with Gasteiger partial charge in [-0.25, -0.2) is 4.39 Å². The van der Waals surface area contributed by atoms with Gasteiger partial charge in [0.2, 0.25) is 0 Å². The van der Waals surface area contributed by atoms with Crippen molar-refractivity contribution in [2.75, 3.05) is 5.73 Å². The maximum absolute atomic E-state index is 13.1. The van der Waals surface area contributed by atoms with Crippen molar-refractivity contribution >= 4 is 32.8 Å². The van der Waals surface area contributed by atoms with Gasteiger partial charge in [-0.15, -0.1) is 11.3 Å². The Kier molecular flexibility index (Phi) is 1.85. The van der Waals surface area contributed by atoms with Crippen molar-refractivity contribution in [3.05, 3.63) is 33.4 Å². The minimum Gasteiger partial charge on any atom is -0.397 e. The van der Waals surface area contributed by atoms with Crippen molar-refractivity contribution in [2.45, 2.75) is 0 Å². The zero-order chi connectivity index (χ0) is 10.3. The first-order valence-corrected chi connectivity index (χ1v) is 4.58. The van der Waals surface area contributed by atoms with E-state index in [0.29, 0.717) is 4.70 Å². The average molecular weight is 212 g/mol. The molecular weight excluding hydrogens is 207 g/mol. The largest absolute Gasteiger partial charge is 0.397 e. The SMILES string of the molecule is Nc1cc([N+](=O)[O-])cc2c(F)csc12. The predicted molar refractivity (Wildman–Crippen MR) is 52.8 cm³/mol. The third-order valence-corrected chi connectivity index (χ3v) is 2.87. The number of thiophene rings is 1. The van der Waals surface area contributed by atoms with Crippen LogP contribution in [0, 0.1) is 15.9 Å². The number of non-ortho nitro benzene ring substituents is 1. The maximum atomic E-state index is 13.1. The molecule has 0 fully saturated rings. The molecule has 0 aliphatic rings. The summed E-state index contributed by atoms with van der Waals surface area (Å²) in [4.78, 5) is 9.87. The van der Waals surface area contributed by atoms with Gasteiger partial charge < -0.3 is 5.73 Å². The Labute approximate surface area is 81.9 Å². The van der Waals surface area contributed by atoms with Gasteiger partial charge in [-0.3, -0.25) is 10.1 Å². The molecule has 1 aromatic carbocycles. The fraction of sp³-hybridized carbons (Fsp3) is 0. The van der Waals surface area contributed by atoms with Crippen LogP contribution < -0.4 is 5.73 Å². The van der Waals surface area contributed by atoms with E-state index < -0.39 is 10.7 Å². The molecule has 0 bridgehead atoms. The number of nitro benzene ring substituents is 1. The molecule has 0 atom stereocenters. The summed E-state index contributed by atoms with van der Waals surface area (Å²) in [7, 11) is 0. The van der Waals surface area contributed by atoms with E-state index in [9.17, 15) is 14.5 Å². The van der Waals surface area contributed by atoms with E-state index in [1.807, 2.05) is 0 Å². The fourth-order valence-corrected chi connectivity index (χ4v) is 2.05. The molecule has 0 radical (unpaired) electrons. The number of nitrogen functional groups attached to an aromatic ring is 1. The summed E-state index contributed by atoms with van der Waals surface area (Å²) in [6.07, 6.45) is 0. The summed E-state index contributed by atoms with van der Waals surface area (Å²) in [5.41, 5.74) is 5.60. The highest BCUT2D eigenvalue weighted by molar-refractivity contribution is 7.17. The highest BCUT2D eigenvalue weighted by Gasteiger charge is 2.13. The maximum Gasteiger partial charge on any atom is 0.272 e. The van der Waals surface area contributed by atoms with Gasteiger partial charge in [0.05, 0.1) is 15.3 Å². The summed E-state index contributed by atoms with van der Waals surface area (Å²) >= 11 is 1.14. The Morgan fingerprint density at radius 3 is 2.86 bits per heavy atom.